The molecule has 1 aliphatic rings. The standard InChI is InChI=1S/C23H21FN4O/c1-16(24)19-9-10-21(27-22(19)23(29)18-8-5-11-25-14-18)28-13-12-26-20(15-28)17-6-3-2-4-7-17/h2-11,14,20,26H,1,12-13,15H2/t20-/m1/s1. The van der Waals surface area contributed by atoms with E-state index in [-0.39, 0.29) is 23.1 Å². The van der Waals surface area contributed by atoms with E-state index in [2.05, 4.69) is 38.9 Å². The van der Waals surface area contributed by atoms with E-state index in [0.717, 1.165) is 13.1 Å². The number of rotatable bonds is 5. The predicted octanol–water partition coefficient (Wildman–Crippen LogP) is 3.80. The van der Waals surface area contributed by atoms with E-state index in [1.165, 1.54) is 11.8 Å². The van der Waals surface area contributed by atoms with Gasteiger partial charge in [-0.1, -0.05) is 36.9 Å². The Balaban J connectivity index is 1.66. The molecular weight excluding hydrogens is 367 g/mol. The molecule has 1 atom stereocenters. The number of nitrogens with zero attached hydrogens (tertiary/aromatic N) is 3. The lowest BCUT2D eigenvalue weighted by Gasteiger charge is -2.35. The number of nitrogens with one attached hydrogen (secondary N) is 1. The van der Waals surface area contributed by atoms with Crippen molar-refractivity contribution < 1.29 is 9.18 Å². The minimum atomic E-state index is -0.682. The van der Waals surface area contributed by atoms with Crippen LogP contribution in [0.1, 0.15) is 33.2 Å². The van der Waals surface area contributed by atoms with Crippen LogP contribution in [0, 0.1) is 0 Å². The van der Waals surface area contributed by atoms with Gasteiger partial charge in [0.05, 0.1) is 0 Å². The SMILES string of the molecule is C=C(F)c1ccc(N2CCN[C@@H](c3ccccc3)C2)nc1C(=O)c1cccnc1. The molecule has 0 radical (unpaired) electrons. The van der Waals surface area contributed by atoms with Crippen molar-refractivity contribution in [2.24, 2.45) is 0 Å². The Morgan fingerprint density at radius 1 is 1.14 bits per heavy atom. The largest absolute Gasteiger partial charge is 0.353 e. The van der Waals surface area contributed by atoms with Gasteiger partial charge in [-0.3, -0.25) is 9.78 Å². The van der Waals surface area contributed by atoms with Gasteiger partial charge in [-0.2, -0.15) is 0 Å². The number of aromatic nitrogens is 2. The summed E-state index contributed by atoms with van der Waals surface area (Å²) in [4.78, 5) is 23.6. The molecule has 146 valence electrons. The van der Waals surface area contributed by atoms with Gasteiger partial charge in [0.15, 0.2) is 0 Å². The fourth-order valence-electron chi connectivity index (χ4n) is 3.52. The van der Waals surface area contributed by atoms with Crippen LogP contribution in [0.2, 0.25) is 0 Å². The van der Waals surface area contributed by atoms with Gasteiger partial charge >= 0.3 is 0 Å². The van der Waals surface area contributed by atoms with Gasteiger partial charge in [0, 0.05) is 49.2 Å². The minimum absolute atomic E-state index is 0.0535. The van der Waals surface area contributed by atoms with Crippen LogP contribution in [0.4, 0.5) is 10.2 Å². The minimum Gasteiger partial charge on any atom is -0.353 e. The van der Waals surface area contributed by atoms with Crippen molar-refractivity contribution in [1.82, 2.24) is 15.3 Å². The molecule has 0 bridgehead atoms. The van der Waals surface area contributed by atoms with Crippen molar-refractivity contribution >= 4 is 17.4 Å². The maximum absolute atomic E-state index is 14.0. The Morgan fingerprint density at radius 2 is 1.97 bits per heavy atom. The van der Waals surface area contributed by atoms with E-state index in [9.17, 15) is 9.18 Å². The van der Waals surface area contributed by atoms with Gasteiger partial charge in [0.2, 0.25) is 5.78 Å². The summed E-state index contributed by atoms with van der Waals surface area (Å²) in [5, 5.41) is 3.51. The van der Waals surface area contributed by atoms with Crippen LogP contribution in [-0.4, -0.2) is 35.4 Å². The molecule has 1 fully saturated rings. The van der Waals surface area contributed by atoms with Crippen molar-refractivity contribution in [3.63, 3.8) is 0 Å². The van der Waals surface area contributed by atoms with Gasteiger partial charge in [0.1, 0.15) is 17.3 Å². The summed E-state index contributed by atoms with van der Waals surface area (Å²) in [6, 6.07) is 17.0. The smallest absolute Gasteiger partial charge is 0.213 e. The molecule has 3 aromatic rings. The van der Waals surface area contributed by atoms with Crippen molar-refractivity contribution in [2.75, 3.05) is 24.5 Å². The number of anilines is 1. The molecule has 29 heavy (non-hydrogen) atoms. The number of ketones is 1. The first-order valence-electron chi connectivity index (χ1n) is 9.47. The van der Waals surface area contributed by atoms with Gasteiger partial charge < -0.3 is 10.2 Å². The maximum atomic E-state index is 14.0. The van der Waals surface area contributed by atoms with Gasteiger partial charge in [0.25, 0.3) is 0 Å². The first-order valence-corrected chi connectivity index (χ1v) is 9.47. The van der Waals surface area contributed by atoms with Gasteiger partial charge in [-0.25, -0.2) is 9.37 Å². The van der Waals surface area contributed by atoms with Crippen molar-refractivity contribution in [3.8, 4) is 0 Å². The van der Waals surface area contributed by atoms with E-state index >= 15 is 0 Å². The van der Waals surface area contributed by atoms with Crippen LogP contribution in [0.15, 0.2) is 73.6 Å². The number of benzene rings is 1. The molecular formula is C23H21FN4O. The normalized spacial score (nSPS) is 16.4. The Hall–Kier alpha value is -3.38. The Kier molecular flexibility index (Phi) is 5.44. The monoisotopic (exact) mass is 388 g/mol. The molecule has 4 rings (SSSR count). The molecule has 1 N–H and O–H groups in total. The molecule has 3 heterocycles. The summed E-state index contributed by atoms with van der Waals surface area (Å²) < 4.78 is 14.0. The lowest BCUT2D eigenvalue weighted by Crippen LogP contribution is -2.46. The number of pyridine rings is 2. The average molecular weight is 388 g/mol. The first-order chi connectivity index (χ1) is 14.1. The molecule has 0 saturated carbocycles. The summed E-state index contributed by atoms with van der Waals surface area (Å²) in [6.45, 7) is 5.58. The number of piperazine rings is 1. The van der Waals surface area contributed by atoms with Gasteiger partial charge in [-0.15, -0.1) is 0 Å². The average Bonchev–Trinajstić information content (AvgIpc) is 2.79. The summed E-state index contributed by atoms with van der Waals surface area (Å²) in [6.07, 6.45) is 3.04. The Bertz CT molecular complexity index is 1020. The molecule has 2 aromatic heterocycles. The predicted molar refractivity (Wildman–Crippen MR) is 111 cm³/mol. The second-order valence-corrected chi connectivity index (χ2v) is 6.90. The second kappa shape index (κ2) is 8.32. The van der Waals surface area contributed by atoms with Crippen LogP contribution in [0.5, 0.6) is 0 Å². The van der Waals surface area contributed by atoms with E-state index in [4.69, 9.17) is 0 Å². The number of halogens is 1. The Labute approximate surface area is 168 Å². The zero-order valence-corrected chi connectivity index (χ0v) is 15.9. The number of hydrogen-bond donors (Lipinski definition) is 1. The lowest BCUT2D eigenvalue weighted by molar-refractivity contribution is 0.103. The van der Waals surface area contributed by atoms with Crippen LogP contribution < -0.4 is 10.2 Å². The first kappa shape index (κ1) is 19.0. The maximum Gasteiger partial charge on any atom is 0.213 e. The molecule has 1 saturated heterocycles. The fraction of sp³-hybridized carbons (Fsp3) is 0.174. The highest BCUT2D eigenvalue weighted by atomic mass is 19.1. The molecule has 0 unspecified atom stereocenters. The summed E-state index contributed by atoms with van der Waals surface area (Å²) >= 11 is 0. The third-order valence-electron chi connectivity index (χ3n) is 5.01. The van der Waals surface area contributed by atoms with E-state index in [0.29, 0.717) is 17.9 Å². The topological polar surface area (TPSA) is 58.1 Å². The number of hydrogen-bond acceptors (Lipinski definition) is 5. The second-order valence-electron chi connectivity index (χ2n) is 6.90. The molecule has 1 aliphatic heterocycles. The third kappa shape index (κ3) is 4.07. The molecule has 5 nitrogen and oxygen atoms in total. The molecule has 0 spiro atoms. The highest BCUT2D eigenvalue weighted by Gasteiger charge is 2.24. The third-order valence-corrected chi connectivity index (χ3v) is 5.01. The van der Waals surface area contributed by atoms with Crippen molar-refractivity contribution in [3.05, 3.63) is 96.0 Å². The van der Waals surface area contributed by atoms with Crippen LogP contribution >= 0.6 is 0 Å². The zero-order chi connectivity index (χ0) is 20.2. The van der Waals surface area contributed by atoms with Crippen molar-refractivity contribution in [1.29, 1.82) is 0 Å². The molecule has 1 aromatic carbocycles. The van der Waals surface area contributed by atoms with Crippen molar-refractivity contribution in [2.45, 2.75) is 6.04 Å². The summed E-state index contributed by atoms with van der Waals surface area (Å²) in [7, 11) is 0. The fourth-order valence-corrected chi connectivity index (χ4v) is 3.52. The quantitative estimate of drug-likeness (QED) is 0.674. The van der Waals surface area contributed by atoms with E-state index < -0.39 is 5.83 Å². The van der Waals surface area contributed by atoms with Gasteiger partial charge in [-0.05, 0) is 29.8 Å². The molecule has 0 aliphatic carbocycles. The number of carbonyl (C=O) groups excluding carboxylic acids is 1. The van der Waals surface area contributed by atoms with Crippen LogP contribution in [0.25, 0.3) is 5.83 Å². The summed E-state index contributed by atoms with van der Waals surface area (Å²) in [5.41, 5.74) is 1.72. The highest BCUT2D eigenvalue weighted by molar-refractivity contribution is 6.10. The zero-order valence-electron chi connectivity index (χ0n) is 15.9. The number of carbonyl (C=O) groups is 1. The lowest BCUT2D eigenvalue weighted by atomic mass is 10.0. The van der Waals surface area contributed by atoms with Crippen LogP contribution in [-0.2, 0) is 0 Å². The molecule has 6 heteroatoms. The molecule has 0 amide bonds. The van der Waals surface area contributed by atoms with Crippen LogP contribution in [0.3, 0.4) is 0 Å². The summed E-state index contributed by atoms with van der Waals surface area (Å²) in [5.74, 6) is -0.410. The van der Waals surface area contributed by atoms with E-state index in [1.807, 2.05) is 18.2 Å². The van der Waals surface area contributed by atoms with E-state index in [1.54, 1.807) is 30.5 Å². The highest BCUT2D eigenvalue weighted by Crippen LogP contribution is 2.26. The Morgan fingerprint density at radius 3 is 2.69 bits per heavy atom.